The fraction of sp³-hybridized carbons (Fsp3) is 0.0769. The summed E-state index contributed by atoms with van der Waals surface area (Å²) in [7, 11) is 0. The van der Waals surface area contributed by atoms with Gasteiger partial charge in [0, 0.05) is 5.02 Å². The molecule has 17 heavy (non-hydrogen) atoms. The van der Waals surface area contributed by atoms with Gasteiger partial charge in [-0.1, -0.05) is 41.4 Å². The van der Waals surface area contributed by atoms with Gasteiger partial charge in [0.2, 0.25) is 0 Å². The van der Waals surface area contributed by atoms with Gasteiger partial charge >= 0.3 is 0 Å². The number of hydrogen-bond donors (Lipinski definition) is 1. The predicted octanol–water partition coefficient (Wildman–Crippen LogP) is 4.21. The monoisotopic (exact) mass is 270 g/mol. The summed E-state index contributed by atoms with van der Waals surface area (Å²) in [4.78, 5) is 0. The second-order valence-corrected chi connectivity index (χ2v) is 4.47. The summed E-state index contributed by atoms with van der Waals surface area (Å²) in [6, 6.07) is 10.9. The minimum Gasteiger partial charge on any atom is -0.384 e. The molecule has 2 aromatic rings. The quantitative estimate of drug-likeness (QED) is 0.867. The van der Waals surface area contributed by atoms with Crippen LogP contribution in [0.1, 0.15) is 17.2 Å². The molecule has 2 rings (SSSR count). The summed E-state index contributed by atoms with van der Waals surface area (Å²) in [5.41, 5.74) is 1.22. The van der Waals surface area contributed by atoms with E-state index in [1.165, 1.54) is 18.2 Å². The Labute approximate surface area is 108 Å². The maximum Gasteiger partial charge on any atom is 0.141 e. The first-order valence-corrected chi connectivity index (χ1v) is 5.72. The van der Waals surface area contributed by atoms with Crippen molar-refractivity contribution in [1.29, 1.82) is 0 Å². The van der Waals surface area contributed by atoms with Gasteiger partial charge in [-0.2, -0.15) is 0 Å². The molecule has 0 aliphatic carbocycles. The van der Waals surface area contributed by atoms with Crippen molar-refractivity contribution < 1.29 is 9.50 Å². The molecule has 0 saturated carbocycles. The Morgan fingerprint density at radius 1 is 0.941 bits per heavy atom. The maximum atomic E-state index is 13.0. The van der Waals surface area contributed by atoms with E-state index in [0.717, 1.165) is 0 Å². The van der Waals surface area contributed by atoms with E-state index in [-0.39, 0.29) is 5.02 Å². The molecule has 0 spiro atoms. The van der Waals surface area contributed by atoms with Crippen LogP contribution in [0.4, 0.5) is 4.39 Å². The molecule has 0 heterocycles. The normalized spacial score (nSPS) is 12.5. The van der Waals surface area contributed by atoms with E-state index >= 15 is 0 Å². The van der Waals surface area contributed by atoms with Crippen LogP contribution in [-0.4, -0.2) is 5.11 Å². The summed E-state index contributed by atoms with van der Waals surface area (Å²) in [5, 5.41) is 10.7. The Balaban J connectivity index is 2.33. The van der Waals surface area contributed by atoms with E-state index in [9.17, 15) is 9.50 Å². The Morgan fingerprint density at radius 3 is 2.12 bits per heavy atom. The molecule has 1 atom stereocenters. The number of rotatable bonds is 2. The van der Waals surface area contributed by atoms with Crippen molar-refractivity contribution >= 4 is 23.2 Å². The minimum atomic E-state index is -0.842. The van der Waals surface area contributed by atoms with Crippen LogP contribution in [0.15, 0.2) is 42.5 Å². The van der Waals surface area contributed by atoms with Crippen LogP contribution < -0.4 is 0 Å². The van der Waals surface area contributed by atoms with Gasteiger partial charge in [-0.3, -0.25) is 0 Å². The first-order chi connectivity index (χ1) is 8.08. The number of aliphatic hydroxyl groups is 1. The lowest BCUT2D eigenvalue weighted by Gasteiger charge is -2.12. The second kappa shape index (κ2) is 5.05. The molecule has 1 N–H and O–H groups in total. The molecule has 0 amide bonds. The van der Waals surface area contributed by atoms with Gasteiger partial charge < -0.3 is 5.11 Å². The maximum absolute atomic E-state index is 13.0. The van der Waals surface area contributed by atoms with Crippen molar-refractivity contribution in [3.8, 4) is 0 Å². The molecular weight excluding hydrogens is 262 g/mol. The lowest BCUT2D eigenvalue weighted by atomic mass is 10.0. The highest BCUT2D eigenvalue weighted by atomic mass is 35.5. The summed E-state index contributed by atoms with van der Waals surface area (Å²) in [6.45, 7) is 0. The lowest BCUT2D eigenvalue weighted by Crippen LogP contribution is -1.99. The predicted molar refractivity (Wildman–Crippen MR) is 66.9 cm³/mol. The fourth-order valence-electron chi connectivity index (χ4n) is 1.52. The summed E-state index contributed by atoms with van der Waals surface area (Å²) < 4.78 is 13.0. The van der Waals surface area contributed by atoms with Crippen molar-refractivity contribution in [2.45, 2.75) is 6.10 Å². The lowest BCUT2D eigenvalue weighted by molar-refractivity contribution is 0.220. The van der Waals surface area contributed by atoms with Crippen LogP contribution in [0, 0.1) is 5.82 Å². The largest absolute Gasteiger partial charge is 0.384 e. The standard InChI is InChI=1S/C13H9Cl2FO/c14-10-4-1-8(2-5-10)13(17)9-3-6-12(16)11(15)7-9/h1-7,13,17H/t13-/m0/s1. The van der Waals surface area contributed by atoms with Crippen molar-refractivity contribution in [1.82, 2.24) is 0 Å². The van der Waals surface area contributed by atoms with E-state index in [1.807, 2.05) is 0 Å². The van der Waals surface area contributed by atoms with Gasteiger partial charge in [0.05, 0.1) is 5.02 Å². The number of hydrogen-bond acceptors (Lipinski definition) is 1. The number of aliphatic hydroxyl groups excluding tert-OH is 1. The minimum absolute atomic E-state index is 0.00415. The topological polar surface area (TPSA) is 20.2 Å². The van der Waals surface area contributed by atoms with Crippen molar-refractivity contribution in [3.63, 3.8) is 0 Å². The Kier molecular flexibility index (Phi) is 3.67. The van der Waals surface area contributed by atoms with Crippen molar-refractivity contribution in [2.75, 3.05) is 0 Å². The Hall–Kier alpha value is -1.09. The van der Waals surface area contributed by atoms with Gasteiger partial charge in [-0.05, 0) is 35.4 Å². The average molecular weight is 271 g/mol. The molecule has 0 unspecified atom stereocenters. The zero-order valence-electron chi connectivity index (χ0n) is 8.70. The van der Waals surface area contributed by atoms with Gasteiger partial charge in [-0.15, -0.1) is 0 Å². The molecule has 0 radical (unpaired) electrons. The molecule has 0 aliphatic heterocycles. The van der Waals surface area contributed by atoms with Crippen molar-refractivity contribution in [3.05, 3.63) is 69.5 Å². The Morgan fingerprint density at radius 2 is 1.53 bits per heavy atom. The van der Waals surface area contributed by atoms with E-state index in [4.69, 9.17) is 23.2 Å². The molecule has 0 saturated heterocycles. The summed E-state index contributed by atoms with van der Waals surface area (Å²) >= 11 is 11.4. The van der Waals surface area contributed by atoms with Gasteiger partial charge in [0.15, 0.2) is 0 Å². The Bertz CT molecular complexity index is 525. The van der Waals surface area contributed by atoms with E-state index in [0.29, 0.717) is 16.1 Å². The fourth-order valence-corrected chi connectivity index (χ4v) is 1.83. The summed E-state index contributed by atoms with van der Waals surface area (Å²) in [5.74, 6) is -0.501. The average Bonchev–Trinajstić information content (AvgIpc) is 2.33. The van der Waals surface area contributed by atoms with Gasteiger partial charge in [0.1, 0.15) is 11.9 Å². The molecule has 2 aromatic carbocycles. The zero-order valence-corrected chi connectivity index (χ0v) is 10.2. The van der Waals surface area contributed by atoms with Crippen LogP contribution in [0.5, 0.6) is 0 Å². The number of benzene rings is 2. The molecule has 1 nitrogen and oxygen atoms in total. The molecule has 0 aromatic heterocycles. The highest BCUT2D eigenvalue weighted by Gasteiger charge is 2.12. The molecular formula is C13H9Cl2FO. The van der Waals surface area contributed by atoms with Crippen LogP contribution in [0.3, 0.4) is 0 Å². The second-order valence-electron chi connectivity index (χ2n) is 3.63. The van der Waals surface area contributed by atoms with E-state index in [1.54, 1.807) is 24.3 Å². The van der Waals surface area contributed by atoms with Crippen molar-refractivity contribution in [2.24, 2.45) is 0 Å². The SMILES string of the molecule is O[C@@H](c1ccc(Cl)cc1)c1ccc(F)c(Cl)c1. The van der Waals surface area contributed by atoms with Crippen LogP contribution in [0.2, 0.25) is 10.0 Å². The molecule has 88 valence electrons. The highest BCUT2D eigenvalue weighted by Crippen LogP contribution is 2.26. The first kappa shape index (κ1) is 12.4. The third kappa shape index (κ3) is 2.78. The first-order valence-electron chi connectivity index (χ1n) is 4.96. The van der Waals surface area contributed by atoms with Crippen LogP contribution in [-0.2, 0) is 0 Å². The highest BCUT2D eigenvalue weighted by molar-refractivity contribution is 6.31. The molecule has 0 bridgehead atoms. The van der Waals surface area contributed by atoms with Crippen LogP contribution in [0.25, 0.3) is 0 Å². The van der Waals surface area contributed by atoms with E-state index in [2.05, 4.69) is 0 Å². The third-order valence-corrected chi connectivity index (χ3v) is 2.99. The van der Waals surface area contributed by atoms with Gasteiger partial charge in [0.25, 0.3) is 0 Å². The zero-order chi connectivity index (χ0) is 12.4. The van der Waals surface area contributed by atoms with Crippen LogP contribution >= 0.6 is 23.2 Å². The van der Waals surface area contributed by atoms with Gasteiger partial charge in [-0.25, -0.2) is 4.39 Å². The smallest absolute Gasteiger partial charge is 0.141 e. The van der Waals surface area contributed by atoms with E-state index < -0.39 is 11.9 Å². The molecule has 0 fully saturated rings. The molecule has 0 aliphatic rings. The third-order valence-electron chi connectivity index (χ3n) is 2.45. The number of halogens is 3. The summed E-state index contributed by atoms with van der Waals surface area (Å²) in [6.07, 6.45) is -0.842. The molecule has 4 heteroatoms.